The SMILES string of the molecule is COP(C)(=O)NC1CCN(C2=CCC(c3nc4ccncc4n3-c3ccc(Cl)cc3)C=N2)CC1. The molecule has 0 saturated carbocycles. The largest absolute Gasteiger partial charge is 0.357 e. The van der Waals surface area contributed by atoms with Gasteiger partial charge in [0, 0.05) is 56.0 Å². The molecule has 2 aliphatic rings. The number of fused-ring (bicyclic) bond motifs is 1. The average molecular weight is 499 g/mol. The van der Waals surface area contributed by atoms with Crippen LogP contribution in [-0.4, -0.2) is 58.6 Å². The van der Waals surface area contributed by atoms with Crippen molar-refractivity contribution in [3.05, 3.63) is 65.5 Å². The number of hydrogen-bond acceptors (Lipinski definition) is 6. The second-order valence-electron chi connectivity index (χ2n) is 8.75. The third kappa shape index (κ3) is 4.82. The molecule has 1 N–H and O–H groups in total. The van der Waals surface area contributed by atoms with Crippen LogP contribution in [0.5, 0.6) is 0 Å². The van der Waals surface area contributed by atoms with Gasteiger partial charge in [-0.2, -0.15) is 0 Å². The Bertz CT molecular complexity index is 1280. The molecule has 34 heavy (non-hydrogen) atoms. The smallest absolute Gasteiger partial charge is 0.266 e. The molecule has 5 rings (SSSR count). The molecule has 0 bridgehead atoms. The van der Waals surface area contributed by atoms with Gasteiger partial charge in [-0.05, 0) is 55.7 Å². The molecule has 1 aromatic carbocycles. The minimum atomic E-state index is -2.72. The fourth-order valence-electron chi connectivity index (χ4n) is 4.57. The number of rotatable bonds is 6. The average Bonchev–Trinajstić information content (AvgIpc) is 3.25. The Morgan fingerprint density at radius 2 is 1.94 bits per heavy atom. The Morgan fingerprint density at radius 1 is 1.18 bits per heavy atom. The van der Waals surface area contributed by atoms with E-state index in [4.69, 9.17) is 26.1 Å². The van der Waals surface area contributed by atoms with E-state index >= 15 is 0 Å². The number of hydrogen-bond donors (Lipinski definition) is 1. The molecule has 8 nitrogen and oxygen atoms in total. The van der Waals surface area contributed by atoms with Gasteiger partial charge in [0.25, 0.3) is 7.52 Å². The molecular weight excluding hydrogens is 471 g/mol. The summed E-state index contributed by atoms with van der Waals surface area (Å²) in [5.41, 5.74) is 2.86. The number of pyridine rings is 1. The molecule has 3 aromatic rings. The number of allylic oxidation sites excluding steroid dienone is 1. The van der Waals surface area contributed by atoms with Crippen molar-refractivity contribution in [1.29, 1.82) is 0 Å². The van der Waals surface area contributed by atoms with Crippen molar-refractivity contribution in [3.8, 4) is 5.69 Å². The van der Waals surface area contributed by atoms with Crippen molar-refractivity contribution >= 4 is 36.4 Å². The van der Waals surface area contributed by atoms with Gasteiger partial charge in [-0.1, -0.05) is 11.6 Å². The first kappa shape index (κ1) is 23.2. The van der Waals surface area contributed by atoms with Gasteiger partial charge < -0.3 is 9.42 Å². The van der Waals surface area contributed by atoms with E-state index in [-0.39, 0.29) is 12.0 Å². The maximum Gasteiger partial charge on any atom is 0.266 e. The standard InChI is InChI=1S/C24H28ClN6O2P/c1-33-34(2,32)29-19-10-13-30(14-11-19)23-8-3-17(15-27-23)24-28-21-9-12-26-16-22(21)31(24)20-6-4-18(25)5-7-20/h4-9,12,15-17,19H,3,10-11,13-14H2,1-2H3,(H,29,32). The molecule has 2 unspecified atom stereocenters. The predicted molar refractivity (Wildman–Crippen MR) is 136 cm³/mol. The number of aliphatic imine (C=N–C) groups is 1. The second kappa shape index (κ2) is 9.62. The summed E-state index contributed by atoms with van der Waals surface area (Å²) in [5, 5.41) is 3.86. The van der Waals surface area contributed by atoms with E-state index in [1.54, 1.807) is 12.9 Å². The summed E-state index contributed by atoms with van der Waals surface area (Å²) in [6.07, 6.45) is 10.4. The molecule has 1 fully saturated rings. The topological polar surface area (TPSA) is 84.6 Å². The fraction of sp³-hybridized carbons (Fsp3) is 0.375. The summed E-state index contributed by atoms with van der Waals surface area (Å²) in [6.45, 7) is 3.36. The number of aromatic nitrogens is 3. The number of halogens is 1. The molecule has 0 radical (unpaired) electrons. The van der Waals surface area contributed by atoms with E-state index in [0.717, 1.165) is 60.7 Å². The first-order valence-corrected chi connectivity index (χ1v) is 13.9. The molecule has 178 valence electrons. The van der Waals surface area contributed by atoms with Crippen LogP contribution in [0.2, 0.25) is 5.02 Å². The van der Waals surface area contributed by atoms with Gasteiger partial charge in [0.2, 0.25) is 0 Å². The molecule has 0 amide bonds. The third-order valence-electron chi connectivity index (χ3n) is 6.42. The highest BCUT2D eigenvalue weighted by molar-refractivity contribution is 7.56. The van der Waals surface area contributed by atoms with Crippen molar-refractivity contribution < 1.29 is 9.09 Å². The highest BCUT2D eigenvalue weighted by Gasteiger charge is 2.27. The van der Waals surface area contributed by atoms with Crippen LogP contribution >= 0.6 is 19.1 Å². The van der Waals surface area contributed by atoms with Gasteiger partial charge in [-0.3, -0.25) is 14.1 Å². The van der Waals surface area contributed by atoms with Crippen molar-refractivity contribution in [1.82, 2.24) is 24.5 Å². The molecule has 4 heterocycles. The summed E-state index contributed by atoms with van der Waals surface area (Å²) in [7, 11) is -1.23. The lowest BCUT2D eigenvalue weighted by Crippen LogP contribution is -2.41. The van der Waals surface area contributed by atoms with E-state index in [1.807, 2.05) is 42.7 Å². The minimum Gasteiger partial charge on any atom is -0.357 e. The molecule has 2 aromatic heterocycles. The van der Waals surface area contributed by atoms with Crippen LogP contribution < -0.4 is 5.09 Å². The highest BCUT2D eigenvalue weighted by atomic mass is 35.5. The molecule has 0 aliphatic carbocycles. The van der Waals surface area contributed by atoms with E-state index in [9.17, 15) is 4.57 Å². The number of nitrogens with zero attached hydrogens (tertiary/aromatic N) is 5. The van der Waals surface area contributed by atoms with E-state index < -0.39 is 7.52 Å². The Labute approximate surface area is 204 Å². The minimum absolute atomic E-state index is 0.0544. The molecule has 10 heteroatoms. The number of nitrogens with one attached hydrogen (secondary N) is 1. The summed E-state index contributed by atoms with van der Waals surface area (Å²) in [6, 6.07) is 9.90. The summed E-state index contributed by atoms with van der Waals surface area (Å²) < 4.78 is 19.4. The maximum atomic E-state index is 12.2. The van der Waals surface area contributed by atoms with Crippen molar-refractivity contribution in [3.63, 3.8) is 0 Å². The van der Waals surface area contributed by atoms with Crippen LogP contribution in [0.15, 0.2) is 59.6 Å². The second-order valence-corrected chi connectivity index (χ2v) is 11.5. The number of likely N-dealkylation sites (tertiary alicyclic amines) is 1. The van der Waals surface area contributed by atoms with Crippen LogP contribution in [-0.2, 0) is 9.09 Å². The van der Waals surface area contributed by atoms with Crippen molar-refractivity contribution in [2.24, 2.45) is 4.99 Å². The zero-order valence-corrected chi connectivity index (χ0v) is 20.9. The molecule has 1 saturated heterocycles. The van der Waals surface area contributed by atoms with E-state index in [0.29, 0.717) is 5.02 Å². The normalized spacial score (nSPS) is 21.0. The quantitative estimate of drug-likeness (QED) is 0.482. The molecule has 2 atom stereocenters. The van der Waals surface area contributed by atoms with Gasteiger partial charge in [-0.25, -0.2) is 15.1 Å². The number of benzene rings is 1. The Kier molecular flexibility index (Phi) is 6.58. The molecule has 2 aliphatic heterocycles. The van der Waals surface area contributed by atoms with Crippen LogP contribution in [0.4, 0.5) is 0 Å². The molecular formula is C24H28ClN6O2P. The number of piperidine rings is 1. The van der Waals surface area contributed by atoms with Crippen LogP contribution in [0.3, 0.4) is 0 Å². The lowest BCUT2D eigenvalue weighted by atomic mass is 10.0. The van der Waals surface area contributed by atoms with Gasteiger partial charge in [-0.15, -0.1) is 0 Å². The van der Waals surface area contributed by atoms with Gasteiger partial charge in [0.1, 0.15) is 11.6 Å². The Morgan fingerprint density at radius 3 is 2.62 bits per heavy atom. The van der Waals surface area contributed by atoms with E-state index in [2.05, 4.69) is 25.6 Å². The van der Waals surface area contributed by atoms with Crippen LogP contribution in [0, 0.1) is 0 Å². The Balaban J connectivity index is 1.33. The van der Waals surface area contributed by atoms with Crippen LogP contribution in [0.25, 0.3) is 16.7 Å². The van der Waals surface area contributed by atoms with Gasteiger partial charge in [0.15, 0.2) is 0 Å². The zero-order valence-electron chi connectivity index (χ0n) is 19.3. The van der Waals surface area contributed by atoms with Gasteiger partial charge in [0.05, 0.1) is 23.1 Å². The van der Waals surface area contributed by atoms with Gasteiger partial charge >= 0.3 is 0 Å². The maximum absolute atomic E-state index is 12.2. The third-order valence-corrected chi connectivity index (χ3v) is 8.21. The zero-order chi connectivity index (χ0) is 23.7. The predicted octanol–water partition coefficient (Wildman–Crippen LogP) is 5.00. The lowest BCUT2D eigenvalue weighted by molar-refractivity contribution is 0.247. The first-order chi connectivity index (χ1) is 16.4. The summed E-state index contributed by atoms with van der Waals surface area (Å²) >= 11 is 6.12. The fourth-order valence-corrected chi connectivity index (χ4v) is 5.72. The highest BCUT2D eigenvalue weighted by Crippen LogP contribution is 2.38. The lowest BCUT2D eigenvalue weighted by Gasteiger charge is -2.35. The van der Waals surface area contributed by atoms with Crippen molar-refractivity contribution in [2.75, 3.05) is 26.9 Å². The Hall–Kier alpha value is -2.51. The molecule has 0 spiro atoms. The van der Waals surface area contributed by atoms with Crippen molar-refractivity contribution in [2.45, 2.75) is 31.2 Å². The summed E-state index contributed by atoms with van der Waals surface area (Å²) in [4.78, 5) is 16.4. The monoisotopic (exact) mass is 498 g/mol. The number of imidazole rings is 1. The first-order valence-electron chi connectivity index (χ1n) is 11.4. The van der Waals surface area contributed by atoms with E-state index in [1.165, 1.54) is 7.11 Å². The summed E-state index contributed by atoms with van der Waals surface area (Å²) in [5.74, 6) is 1.99. The van der Waals surface area contributed by atoms with Crippen LogP contribution in [0.1, 0.15) is 31.0 Å².